The molecule has 1 N–H and O–H groups in total. The lowest BCUT2D eigenvalue weighted by Crippen LogP contribution is -2.40. The minimum atomic E-state index is 0.118. The number of hydrogen-bond donors (Lipinski definition) is 1. The molecule has 0 spiro atoms. The summed E-state index contributed by atoms with van der Waals surface area (Å²) in [6, 6.07) is 5.93. The number of benzene rings is 1. The molecule has 0 bridgehead atoms. The van der Waals surface area contributed by atoms with E-state index in [9.17, 15) is 4.79 Å². The first-order valence-electron chi connectivity index (χ1n) is 10.9. The highest BCUT2D eigenvalue weighted by molar-refractivity contribution is 5.76. The highest BCUT2D eigenvalue weighted by atomic mass is 16.5. The summed E-state index contributed by atoms with van der Waals surface area (Å²) in [5, 5.41) is 3.06. The van der Waals surface area contributed by atoms with E-state index in [-0.39, 0.29) is 5.91 Å². The number of likely N-dealkylation sites (tertiary alicyclic amines) is 1. The van der Waals surface area contributed by atoms with Gasteiger partial charge in [0, 0.05) is 26.1 Å². The fraction of sp³-hybridized carbons (Fsp3) is 0.696. The summed E-state index contributed by atoms with van der Waals surface area (Å²) in [5.41, 5.74) is 1.10. The summed E-state index contributed by atoms with van der Waals surface area (Å²) in [5.74, 6) is 3.21. The molecule has 1 amide bonds. The van der Waals surface area contributed by atoms with Crippen molar-refractivity contribution in [2.24, 2.45) is 11.8 Å². The Morgan fingerprint density at radius 2 is 1.79 bits per heavy atom. The van der Waals surface area contributed by atoms with Gasteiger partial charge in [-0.05, 0) is 69.2 Å². The molecule has 0 saturated carbocycles. The van der Waals surface area contributed by atoms with Gasteiger partial charge in [-0.3, -0.25) is 4.79 Å². The molecule has 0 aliphatic carbocycles. The number of ether oxygens (including phenoxy) is 2. The maximum Gasteiger partial charge on any atom is 0.220 e. The fourth-order valence-electron chi connectivity index (χ4n) is 4.10. The van der Waals surface area contributed by atoms with E-state index in [1.807, 2.05) is 32.0 Å². The second kappa shape index (κ2) is 11.9. The van der Waals surface area contributed by atoms with Crippen molar-refractivity contribution in [2.45, 2.75) is 53.4 Å². The second-order valence-electron chi connectivity index (χ2n) is 8.06. The largest absolute Gasteiger partial charge is 0.490 e. The predicted molar refractivity (Wildman–Crippen MR) is 114 cm³/mol. The van der Waals surface area contributed by atoms with Crippen LogP contribution in [0.15, 0.2) is 18.2 Å². The highest BCUT2D eigenvalue weighted by Crippen LogP contribution is 2.29. The Balaban J connectivity index is 1.68. The van der Waals surface area contributed by atoms with E-state index in [0.717, 1.165) is 48.4 Å². The van der Waals surface area contributed by atoms with Crippen molar-refractivity contribution >= 4 is 5.91 Å². The first-order chi connectivity index (χ1) is 13.5. The zero-order valence-electron chi connectivity index (χ0n) is 18.1. The number of rotatable bonds is 11. The maximum atomic E-state index is 12.2. The molecule has 5 nitrogen and oxygen atoms in total. The molecule has 0 aromatic heterocycles. The van der Waals surface area contributed by atoms with Crippen molar-refractivity contribution in [1.82, 2.24) is 10.2 Å². The standard InChI is InChI=1S/C23H38N2O3/c1-5-27-21-10-8-20(15-22(21)28-6-2)9-11-23(26)24-12-7-13-25-16-18(3)14-19(4)17-25/h8,10,15,18-19H,5-7,9,11-14,16-17H2,1-4H3,(H,24,26)/t18-,19+. The molecule has 1 aliphatic rings. The van der Waals surface area contributed by atoms with Crippen molar-refractivity contribution < 1.29 is 14.3 Å². The molecule has 28 heavy (non-hydrogen) atoms. The minimum Gasteiger partial charge on any atom is -0.490 e. The quantitative estimate of drug-likeness (QED) is 0.582. The molecule has 1 aromatic carbocycles. The second-order valence-corrected chi connectivity index (χ2v) is 8.06. The van der Waals surface area contributed by atoms with Gasteiger partial charge >= 0.3 is 0 Å². The van der Waals surface area contributed by atoms with Gasteiger partial charge in [-0.2, -0.15) is 0 Å². The molecule has 2 atom stereocenters. The number of hydrogen-bond acceptors (Lipinski definition) is 4. The van der Waals surface area contributed by atoms with Crippen LogP contribution >= 0.6 is 0 Å². The van der Waals surface area contributed by atoms with E-state index >= 15 is 0 Å². The number of nitrogens with zero attached hydrogens (tertiary/aromatic N) is 1. The number of amides is 1. The fourth-order valence-corrected chi connectivity index (χ4v) is 4.10. The van der Waals surface area contributed by atoms with Crippen LogP contribution in [0.4, 0.5) is 0 Å². The first-order valence-corrected chi connectivity index (χ1v) is 10.9. The predicted octanol–water partition coefficient (Wildman–Crippen LogP) is 3.90. The smallest absolute Gasteiger partial charge is 0.220 e. The van der Waals surface area contributed by atoms with E-state index in [4.69, 9.17) is 9.47 Å². The molecule has 0 unspecified atom stereocenters. The van der Waals surface area contributed by atoms with Gasteiger partial charge in [-0.1, -0.05) is 19.9 Å². The van der Waals surface area contributed by atoms with E-state index in [2.05, 4.69) is 24.1 Å². The molecule has 1 saturated heterocycles. The van der Waals surface area contributed by atoms with Crippen LogP contribution in [0.5, 0.6) is 11.5 Å². The molecular weight excluding hydrogens is 352 g/mol. The van der Waals surface area contributed by atoms with Crippen LogP contribution in [-0.4, -0.2) is 50.2 Å². The Labute approximate surface area is 170 Å². The van der Waals surface area contributed by atoms with Crippen LogP contribution < -0.4 is 14.8 Å². The monoisotopic (exact) mass is 390 g/mol. The van der Waals surface area contributed by atoms with Gasteiger partial charge in [0.15, 0.2) is 11.5 Å². The Morgan fingerprint density at radius 1 is 1.11 bits per heavy atom. The lowest BCUT2D eigenvalue weighted by atomic mass is 9.92. The van der Waals surface area contributed by atoms with Gasteiger partial charge in [0.05, 0.1) is 13.2 Å². The lowest BCUT2D eigenvalue weighted by molar-refractivity contribution is -0.121. The number of carbonyl (C=O) groups excluding carboxylic acids is 1. The molecule has 1 aromatic rings. The van der Waals surface area contributed by atoms with Crippen LogP contribution in [-0.2, 0) is 11.2 Å². The van der Waals surface area contributed by atoms with Gasteiger partial charge in [-0.25, -0.2) is 0 Å². The van der Waals surface area contributed by atoms with Crippen LogP contribution in [0, 0.1) is 11.8 Å². The van der Waals surface area contributed by atoms with Crippen LogP contribution in [0.25, 0.3) is 0 Å². The van der Waals surface area contributed by atoms with Gasteiger partial charge in [-0.15, -0.1) is 0 Å². The molecular formula is C23H38N2O3. The third-order valence-corrected chi connectivity index (χ3v) is 5.17. The Morgan fingerprint density at radius 3 is 2.46 bits per heavy atom. The first kappa shape index (κ1) is 22.5. The van der Waals surface area contributed by atoms with Gasteiger partial charge in [0.1, 0.15) is 0 Å². The topological polar surface area (TPSA) is 50.8 Å². The molecule has 2 rings (SSSR count). The van der Waals surface area contributed by atoms with Gasteiger partial charge in [0.2, 0.25) is 5.91 Å². The van der Waals surface area contributed by atoms with Gasteiger partial charge < -0.3 is 19.7 Å². The normalized spacial score (nSPS) is 20.0. The third kappa shape index (κ3) is 7.70. The molecule has 158 valence electrons. The summed E-state index contributed by atoms with van der Waals surface area (Å²) in [4.78, 5) is 14.7. The van der Waals surface area contributed by atoms with Crippen molar-refractivity contribution in [1.29, 1.82) is 0 Å². The van der Waals surface area contributed by atoms with E-state index in [1.54, 1.807) is 0 Å². The minimum absolute atomic E-state index is 0.118. The van der Waals surface area contributed by atoms with Crippen LogP contribution in [0.3, 0.4) is 0 Å². The van der Waals surface area contributed by atoms with Crippen LogP contribution in [0.1, 0.15) is 52.5 Å². The molecule has 5 heteroatoms. The summed E-state index contributed by atoms with van der Waals surface area (Å²) in [6.45, 7) is 14.0. The number of carbonyl (C=O) groups is 1. The number of aryl methyl sites for hydroxylation is 1. The summed E-state index contributed by atoms with van der Waals surface area (Å²) in [6.07, 6.45) is 3.56. The molecule has 1 fully saturated rings. The Bertz CT molecular complexity index is 596. The summed E-state index contributed by atoms with van der Waals surface area (Å²) in [7, 11) is 0. The molecule has 1 heterocycles. The van der Waals surface area contributed by atoms with Crippen molar-refractivity contribution in [3.63, 3.8) is 0 Å². The van der Waals surface area contributed by atoms with E-state index in [1.165, 1.54) is 19.5 Å². The summed E-state index contributed by atoms with van der Waals surface area (Å²) >= 11 is 0. The van der Waals surface area contributed by atoms with E-state index in [0.29, 0.717) is 26.1 Å². The Hall–Kier alpha value is -1.75. The number of nitrogens with one attached hydrogen (secondary N) is 1. The zero-order valence-corrected chi connectivity index (χ0v) is 18.1. The highest BCUT2D eigenvalue weighted by Gasteiger charge is 2.21. The van der Waals surface area contributed by atoms with Crippen LogP contribution in [0.2, 0.25) is 0 Å². The molecule has 0 radical (unpaired) electrons. The lowest BCUT2D eigenvalue weighted by Gasteiger charge is -2.34. The maximum absolute atomic E-state index is 12.2. The molecule has 1 aliphatic heterocycles. The van der Waals surface area contributed by atoms with Gasteiger partial charge in [0.25, 0.3) is 0 Å². The zero-order chi connectivity index (χ0) is 20.4. The average molecular weight is 391 g/mol. The van der Waals surface area contributed by atoms with Crippen molar-refractivity contribution in [3.05, 3.63) is 23.8 Å². The van der Waals surface area contributed by atoms with Crippen molar-refractivity contribution in [2.75, 3.05) is 39.4 Å². The summed E-state index contributed by atoms with van der Waals surface area (Å²) < 4.78 is 11.2. The Kier molecular flexibility index (Phi) is 9.62. The SMILES string of the molecule is CCOc1ccc(CCC(=O)NCCCN2C[C@H](C)C[C@H](C)C2)cc1OCC. The van der Waals surface area contributed by atoms with Crippen molar-refractivity contribution in [3.8, 4) is 11.5 Å². The average Bonchev–Trinajstić information content (AvgIpc) is 2.65. The number of piperidine rings is 1. The third-order valence-electron chi connectivity index (χ3n) is 5.17. The van der Waals surface area contributed by atoms with E-state index < -0.39 is 0 Å².